The van der Waals surface area contributed by atoms with E-state index >= 15 is 0 Å². The second-order valence-corrected chi connectivity index (χ2v) is 4.17. The first-order valence-corrected chi connectivity index (χ1v) is 5.10. The highest BCUT2D eigenvalue weighted by atomic mass is 32.1. The van der Waals surface area contributed by atoms with Crippen LogP contribution in [0.25, 0.3) is 0 Å². The van der Waals surface area contributed by atoms with Crippen molar-refractivity contribution in [3.8, 4) is 0 Å². The molecule has 0 amide bonds. The van der Waals surface area contributed by atoms with E-state index in [9.17, 15) is 0 Å². The van der Waals surface area contributed by atoms with E-state index in [-0.39, 0.29) is 0 Å². The Morgan fingerprint density at radius 1 is 1.71 bits per heavy atom. The van der Waals surface area contributed by atoms with Crippen molar-refractivity contribution in [1.82, 2.24) is 4.98 Å². The molecule has 0 spiro atoms. The lowest BCUT2D eigenvalue weighted by atomic mass is 10.2. The number of nitrogens with two attached hydrogens (primary N) is 1. The molecular weight excluding hydrogens is 194 g/mol. The summed E-state index contributed by atoms with van der Waals surface area (Å²) in [5.74, 6) is 1.55. The third-order valence-electron chi connectivity index (χ3n) is 2.50. The van der Waals surface area contributed by atoms with Gasteiger partial charge >= 0.3 is 0 Å². The van der Waals surface area contributed by atoms with Gasteiger partial charge < -0.3 is 11.1 Å². The van der Waals surface area contributed by atoms with Gasteiger partial charge in [-0.1, -0.05) is 19.1 Å². The van der Waals surface area contributed by atoms with Crippen LogP contribution in [-0.2, 0) is 0 Å². The van der Waals surface area contributed by atoms with E-state index in [1.165, 1.54) is 6.42 Å². The van der Waals surface area contributed by atoms with Gasteiger partial charge in [-0.05, 0) is 24.5 Å². The van der Waals surface area contributed by atoms with Gasteiger partial charge in [0.05, 0.1) is 5.56 Å². The van der Waals surface area contributed by atoms with Crippen molar-refractivity contribution in [1.29, 1.82) is 0 Å². The normalized spacial score (nSPS) is 24.4. The molecule has 74 valence electrons. The van der Waals surface area contributed by atoms with Crippen molar-refractivity contribution in [2.45, 2.75) is 19.4 Å². The number of rotatable bonds is 3. The van der Waals surface area contributed by atoms with Crippen LogP contribution in [0.5, 0.6) is 0 Å². The number of anilines is 1. The standard InChI is InChI=1S/C10H13N3S/c1-6-5-8(6)13-10-7(9(11)14)3-2-4-12-10/h2-4,6,8H,5H2,1H3,(H2,11,14)(H,12,13). The van der Waals surface area contributed by atoms with Gasteiger partial charge in [0, 0.05) is 12.2 Å². The zero-order valence-corrected chi connectivity index (χ0v) is 8.84. The van der Waals surface area contributed by atoms with Crippen LogP contribution in [-0.4, -0.2) is 16.0 Å². The molecule has 1 aromatic heterocycles. The first-order chi connectivity index (χ1) is 6.68. The molecule has 14 heavy (non-hydrogen) atoms. The van der Waals surface area contributed by atoms with Crippen LogP contribution in [0.15, 0.2) is 18.3 Å². The van der Waals surface area contributed by atoms with Crippen molar-refractivity contribution in [3.05, 3.63) is 23.9 Å². The average molecular weight is 207 g/mol. The third kappa shape index (κ3) is 1.85. The maximum absolute atomic E-state index is 5.60. The van der Waals surface area contributed by atoms with Gasteiger partial charge in [0.25, 0.3) is 0 Å². The zero-order valence-electron chi connectivity index (χ0n) is 8.03. The summed E-state index contributed by atoms with van der Waals surface area (Å²) in [6, 6.07) is 4.28. The molecule has 1 heterocycles. The lowest BCUT2D eigenvalue weighted by Gasteiger charge is -2.08. The first-order valence-electron chi connectivity index (χ1n) is 4.70. The predicted octanol–water partition coefficient (Wildman–Crippen LogP) is 1.54. The van der Waals surface area contributed by atoms with Crippen molar-refractivity contribution in [3.63, 3.8) is 0 Å². The van der Waals surface area contributed by atoms with Gasteiger partial charge in [-0.2, -0.15) is 0 Å². The molecule has 0 aliphatic heterocycles. The summed E-state index contributed by atoms with van der Waals surface area (Å²) >= 11 is 4.95. The fourth-order valence-corrected chi connectivity index (χ4v) is 1.58. The van der Waals surface area contributed by atoms with Crippen LogP contribution in [0, 0.1) is 5.92 Å². The van der Waals surface area contributed by atoms with Crippen molar-refractivity contribution >= 4 is 23.0 Å². The van der Waals surface area contributed by atoms with E-state index in [0.717, 1.165) is 17.3 Å². The lowest BCUT2D eigenvalue weighted by Crippen LogP contribution is -2.15. The monoisotopic (exact) mass is 207 g/mol. The Morgan fingerprint density at radius 3 is 3.00 bits per heavy atom. The Hall–Kier alpha value is -1.16. The van der Waals surface area contributed by atoms with Gasteiger partial charge in [0.15, 0.2) is 0 Å². The summed E-state index contributed by atoms with van der Waals surface area (Å²) in [7, 11) is 0. The molecule has 1 aromatic rings. The number of hydrogen-bond acceptors (Lipinski definition) is 3. The van der Waals surface area contributed by atoms with Crippen molar-refractivity contribution < 1.29 is 0 Å². The Kier molecular flexibility index (Phi) is 2.37. The molecule has 0 bridgehead atoms. The molecule has 0 aromatic carbocycles. The molecule has 1 saturated carbocycles. The summed E-state index contributed by atoms with van der Waals surface area (Å²) in [5, 5.41) is 3.34. The van der Waals surface area contributed by atoms with E-state index in [0.29, 0.717) is 11.0 Å². The van der Waals surface area contributed by atoms with Gasteiger partial charge in [-0.25, -0.2) is 4.98 Å². The average Bonchev–Trinajstić information content (AvgIpc) is 2.82. The second-order valence-electron chi connectivity index (χ2n) is 3.73. The molecule has 0 radical (unpaired) electrons. The maximum atomic E-state index is 5.60. The van der Waals surface area contributed by atoms with E-state index < -0.39 is 0 Å². The Balaban J connectivity index is 2.19. The molecule has 1 aliphatic carbocycles. The highest BCUT2D eigenvalue weighted by Crippen LogP contribution is 2.32. The lowest BCUT2D eigenvalue weighted by molar-refractivity contribution is 0.923. The van der Waals surface area contributed by atoms with E-state index in [1.807, 2.05) is 12.1 Å². The number of aromatic nitrogens is 1. The smallest absolute Gasteiger partial charge is 0.136 e. The highest BCUT2D eigenvalue weighted by molar-refractivity contribution is 7.80. The van der Waals surface area contributed by atoms with Crippen molar-refractivity contribution in [2.24, 2.45) is 11.7 Å². The van der Waals surface area contributed by atoms with Gasteiger partial charge in [0.2, 0.25) is 0 Å². The Labute approximate surface area is 88.7 Å². The number of pyridine rings is 1. The minimum Gasteiger partial charge on any atom is -0.389 e. The summed E-state index contributed by atoms with van der Waals surface area (Å²) in [6.07, 6.45) is 2.95. The number of nitrogens with one attached hydrogen (secondary N) is 1. The fraction of sp³-hybridized carbons (Fsp3) is 0.400. The molecule has 2 rings (SSSR count). The Bertz CT molecular complexity index is 364. The minimum atomic E-state index is 0.397. The van der Waals surface area contributed by atoms with Gasteiger partial charge in [-0.15, -0.1) is 0 Å². The quantitative estimate of drug-likeness (QED) is 0.738. The molecule has 3 N–H and O–H groups in total. The fourth-order valence-electron chi connectivity index (χ4n) is 1.42. The largest absolute Gasteiger partial charge is 0.389 e. The first kappa shape index (κ1) is 9.40. The highest BCUT2D eigenvalue weighted by Gasteiger charge is 2.33. The van der Waals surface area contributed by atoms with Crippen LogP contribution in [0.3, 0.4) is 0 Å². The minimum absolute atomic E-state index is 0.397. The molecule has 3 nitrogen and oxygen atoms in total. The topological polar surface area (TPSA) is 50.9 Å². The maximum Gasteiger partial charge on any atom is 0.136 e. The number of thiocarbonyl (C=S) groups is 1. The third-order valence-corrected chi connectivity index (χ3v) is 2.72. The van der Waals surface area contributed by atoms with Crippen LogP contribution >= 0.6 is 12.2 Å². The number of hydrogen-bond donors (Lipinski definition) is 2. The van der Waals surface area contributed by atoms with Crippen molar-refractivity contribution in [2.75, 3.05) is 5.32 Å². The second kappa shape index (κ2) is 3.53. The molecular formula is C10H13N3S. The van der Waals surface area contributed by atoms with E-state index in [1.54, 1.807) is 6.20 Å². The molecule has 4 heteroatoms. The summed E-state index contributed by atoms with van der Waals surface area (Å²) in [5.41, 5.74) is 6.43. The molecule has 0 saturated heterocycles. The van der Waals surface area contributed by atoms with Gasteiger partial charge in [0.1, 0.15) is 10.8 Å². The zero-order chi connectivity index (χ0) is 10.1. The Morgan fingerprint density at radius 2 is 2.43 bits per heavy atom. The SMILES string of the molecule is CC1CC1Nc1ncccc1C(N)=S. The van der Waals surface area contributed by atoms with Crippen LogP contribution in [0.2, 0.25) is 0 Å². The van der Waals surface area contributed by atoms with Crippen LogP contribution in [0.4, 0.5) is 5.82 Å². The molecule has 1 aliphatic rings. The molecule has 2 unspecified atom stereocenters. The number of nitrogens with zero attached hydrogens (tertiary/aromatic N) is 1. The van der Waals surface area contributed by atoms with Crippen LogP contribution < -0.4 is 11.1 Å². The summed E-state index contributed by atoms with van der Waals surface area (Å²) in [4.78, 5) is 4.63. The van der Waals surface area contributed by atoms with E-state index in [2.05, 4.69) is 17.2 Å². The summed E-state index contributed by atoms with van der Waals surface area (Å²) < 4.78 is 0. The van der Waals surface area contributed by atoms with Crippen LogP contribution in [0.1, 0.15) is 18.9 Å². The van der Waals surface area contributed by atoms with Gasteiger partial charge in [-0.3, -0.25) is 0 Å². The summed E-state index contributed by atoms with van der Waals surface area (Å²) in [6.45, 7) is 2.21. The van der Waals surface area contributed by atoms with E-state index in [4.69, 9.17) is 18.0 Å². The molecule has 2 atom stereocenters. The molecule has 1 fully saturated rings. The predicted molar refractivity (Wildman–Crippen MR) is 61.3 cm³/mol.